The van der Waals surface area contributed by atoms with E-state index in [9.17, 15) is 14.4 Å². The van der Waals surface area contributed by atoms with Crippen LogP contribution >= 0.6 is 11.6 Å². The van der Waals surface area contributed by atoms with Gasteiger partial charge in [0.2, 0.25) is 5.91 Å². The van der Waals surface area contributed by atoms with E-state index in [-0.39, 0.29) is 5.15 Å². The Bertz CT molecular complexity index is 874. The number of imide groups is 1. The average molecular weight is 387 g/mol. The maximum absolute atomic E-state index is 12.7. The number of aryl methyl sites for hydroxylation is 1. The van der Waals surface area contributed by atoms with Crippen molar-refractivity contribution in [3.63, 3.8) is 0 Å². The van der Waals surface area contributed by atoms with Gasteiger partial charge in [0.05, 0.1) is 5.69 Å². The lowest BCUT2D eigenvalue weighted by atomic mass is 9.93. The lowest BCUT2D eigenvalue weighted by Gasteiger charge is -2.21. The molecule has 0 unspecified atom stereocenters. The van der Waals surface area contributed by atoms with E-state index in [2.05, 4.69) is 15.6 Å². The van der Waals surface area contributed by atoms with Gasteiger partial charge in [-0.25, -0.2) is 9.78 Å². The molecule has 0 aliphatic carbocycles. The van der Waals surface area contributed by atoms with Crippen LogP contribution in [0.1, 0.15) is 18.9 Å². The highest BCUT2D eigenvalue weighted by Crippen LogP contribution is 2.24. The number of aromatic nitrogens is 1. The van der Waals surface area contributed by atoms with E-state index in [1.165, 1.54) is 6.20 Å². The second-order valence-electron chi connectivity index (χ2n) is 6.53. The summed E-state index contributed by atoms with van der Waals surface area (Å²) in [7, 11) is 0. The SMILES string of the molecule is C[C@]1(CCc2ccccc2)NC(=O)N(CC(=O)Nc2cccnc2Cl)C1=O. The van der Waals surface area contributed by atoms with Gasteiger partial charge < -0.3 is 10.6 Å². The topological polar surface area (TPSA) is 91.4 Å². The molecule has 0 saturated carbocycles. The zero-order valence-electron chi connectivity index (χ0n) is 14.7. The van der Waals surface area contributed by atoms with Crippen LogP contribution in [0.2, 0.25) is 5.15 Å². The first-order valence-corrected chi connectivity index (χ1v) is 8.85. The molecule has 0 bridgehead atoms. The average Bonchev–Trinajstić information content (AvgIpc) is 2.86. The summed E-state index contributed by atoms with van der Waals surface area (Å²) in [6.07, 6.45) is 2.57. The fraction of sp³-hybridized carbons (Fsp3) is 0.263. The van der Waals surface area contributed by atoms with Crippen LogP contribution in [0.25, 0.3) is 0 Å². The summed E-state index contributed by atoms with van der Waals surface area (Å²) >= 11 is 5.90. The van der Waals surface area contributed by atoms with Gasteiger partial charge in [0.1, 0.15) is 12.1 Å². The molecule has 1 aromatic heterocycles. The summed E-state index contributed by atoms with van der Waals surface area (Å²) in [5.41, 5.74) is 0.352. The molecule has 3 rings (SSSR count). The summed E-state index contributed by atoms with van der Waals surface area (Å²) in [4.78, 5) is 42.0. The number of benzene rings is 1. The van der Waals surface area contributed by atoms with E-state index < -0.39 is 29.9 Å². The molecule has 1 aliphatic heterocycles. The number of carbonyl (C=O) groups is 3. The predicted octanol–water partition coefficient (Wildman–Crippen LogP) is 2.62. The first-order chi connectivity index (χ1) is 12.9. The molecule has 1 aliphatic rings. The van der Waals surface area contributed by atoms with Crippen LogP contribution in [0.5, 0.6) is 0 Å². The number of amides is 4. The molecule has 2 N–H and O–H groups in total. The molecule has 2 aromatic rings. The van der Waals surface area contributed by atoms with Crippen molar-refractivity contribution < 1.29 is 14.4 Å². The molecule has 2 heterocycles. The van der Waals surface area contributed by atoms with Gasteiger partial charge in [0.15, 0.2) is 5.15 Å². The van der Waals surface area contributed by atoms with Crippen molar-refractivity contribution in [2.24, 2.45) is 0 Å². The van der Waals surface area contributed by atoms with Crippen LogP contribution in [0.4, 0.5) is 10.5 Å². The maximum atomic E-state index is 12.7. The van der Waals surface area contributed by atoms with Gasteiger partial charge in [-0.2, -0.15) is 0 Å². The summed E-state index contributed by atoms with van der Waals surface area (Å²) in [6.45, 7) is 1.28. The van der Waals surface area contributed by atoms with Crippen LogP contribution in [0.3, 0.4) is 0 Å². The van der Waals surface area contributed by atoms with Crippen LogP contribution in [-0.4, -0.2) is 39.8 Å². The fourth-order valence-corrected chi connectivity index (χ4v) is 3.08. The van der Waals surface area contributed by atoms with Crippen molar-refractivity contribution >= 4 is 35.1 Å². The quantitative estimate of drug-likeness (QED) is 0.589. The number of nitrogens with one attached hydrogen (secondary N) is 2. The number of urea groups is 1. The Labute approximate surface area is 161 Å². The molecule has 1 fully saturated rings. The van der Waals surface area contributed by atoms with Crippen molar-refractivity contribution in [2.45, 2.75) is 25.3 Å². The zero-order chi connectivity index (χ0) is 19.4. The summed E-state index contributed by atoms with van der Waals surface area (Å²) in [5.74, 6) is -0.948. The van der Waals surface area contributed by atoms with Crippen molar-refractivity contribution in [3.05, 3.63) is 59.4 Å². The van der Waals surface area contributed by atoms with Crippen molar-refractivity contribution in [3.8, 4) is 0 Å². The minimum atomic E-state index is -1.04. The Kier molecular flexibility index (Phi) is 5.41. The molecule has 8 heteroatoms. The number of halogens is 1. The van der Waals surface area contributed by atoms with Crippen molar-refractivity contribution in [1.82, 2.24) is 15.2 Å². The molecule has 27 heavy (non-hydrogen) atoms. The molecule has 1 saturated heterocycles. The fourth-order valence-electron chi connectivity index (χ4n) is 2.91. The van der Waals surface area contributed by atoms with E-state index in [1.807, 2.05) is 30.3 Å². The van der Waals surface area contributed by atoms with E-state index in [0.29, 0.717) is 18.5 Å². The number of rotatable bonds is 6. The number of hydrogen-bond acceptors (Lipinski definition) is 4. The van der Waals surface area contributed by atoms with Gasteiger partial charge in [0, 0.05) is 6.20 Å². The minimum absolute atomic E-state index is 0.135. The third-order valence-corrected chi connectivity index (χ3v) is 4.74. The molecular formula is C19H19ClN4O3. The minimum Gasteiger partial charge on any atom is -0.323 e. The van der Waals surface area contributed by atoms with E-state index in [0.717, 1.165) is 10.5 Å². The Morgan fingerprint density at radius 1 is 1.22 bits per heavy atom. The Balaban J connectivity index is 1.63. The van der Waals surface area contributed by atoms with Crippen molar-refractivity contribution in [1.29, 1.82) is 0 Å². The normalized spacial score (nSPS) is 19.1. The second kappa shape index (κ2) is 7.75. The number of anilines is 1. The number of pyridine rings is 1. The standard InChI is InChI=1S/C19H19ClN4O3/c1-19(10-9-13-6-3-2-4-7-13)17(26)24(18(27)23-19)12-15(25)22-14-8-5-11-21-16(14)20/h2-8,11H,9-10,12H2,1H3,(H,22,25)(H,23,27)/t19-/m1/s1. The van der Waals surface area contributed by atoms with Crippen LogP contribution in [0, 0.1) is 0 Å². The lowest BCUT2D eigenvalue weighted by molar-refractivity contribution is -0.133. The first kappa shape index (κ1) is 18.8. The monoisotopic (exact) mass is 386 g/mol. The van der Waals surface area contributed by atoms with Gasteiger partial charge in [-0.3, -0.25) is 14.5 Å². The highest BCUT2D eigenvalue weighted by Gasteiger charge is 2.47. The first-order valence-electron chi connectivity index (χ1n) is 8.47. The van der Waals surface area contributed by atoms with Crippen LogP contribution in [-0.2, 0) is 16.0 Å². The van der Waals surface area contributed by atoms with E-state index in [4.69, 9.17) is 11.6 Å². The third-order valence-electron chi connectivity index (χ3n) is 4.44. The molecule has 1 aromatic carbocycles. The second-order valence-corrected chi connectivity index (χ2v) is 6.89. The zero-order valence-corrected chi connectivity index (χ0v) is 15.5. The van der Waals surface area contributed by atoms with Crippen LogP contribution in [0.15, 0.2) is 48.7 Å². The third kappa shape index (κ3) is 4.25. The number of nitrogens with zero attached hydrogens (tertiary/aromatic N) is 2. The summed E-state index contributed by atoms with van der Waals surface area (Å²) in [5, 5.41) is 5.39. The van der Waals surface area contributed by atoms with Crippen LogP contribution < -0.4 is 10.6 Å². The number of carbonyl (C=O) groups excluding carboxylic acids is 3. The largest absolute Gasteiger partial charge is 0.325 e. The van der Waals surface area contributed by atoms with Crippen molar-refractivity contribution in [2.75, 3.05) is 11.9 Å². The highest BCUT2D eigenvalue weighted by molar-refractivity contribution is 6.32. The molecule has 4 amide bonds. The van der Waals surface area contributed by atoms with Gasteiger partial charge in [0.25, 0.3) is 5.91 Å². The molecule has 1 atom stereocenters. The summed E-state index contributed by atoms with van der Waals surface area (Å²) in [6, 6.07) is 12.3. The lowest BCUT2D eigenvalue weighted by Crippen LogP contribution is -2.45. The van der Waals surface area contributed by atoms with E-state index >= 15 is 0 Å². The van der Waals surface area contributed by atoms with E-state index in [1.54, 1.807) is 19.1 Å². The Morgan fingerprint density at radius 3 is 2.67 bits per heavy atom. The highest BCUT2D eigenvalue weighted by atomic mass is 35.5. The van der Waals surface area contributed by atoms with Gasteiger partial charge >= 0.3 is 6.03 Å². The molecule has 140 valence electrons. The van der Waals surface area contributed by atoms with Gasteiger partial charge in [-0.15, -0.1) is 0 Å². The molecule has 0 radical (unpaired) electrons. The molecule has 7 nitrogen and oxygen atoms in total. The molecular weight excluding hydrogens is 368 g/mol. The Morgan fingerprint density at radius 2 is 1.96 bits per heavy atom. The maximum Gasteiger partial charge on any atom is 0.325 e. The Hall–Kier alpha value is -2.93. The summed E-state index contributed by atoms with van der Waals surface area (Å²) < 4.78 is 0. The predicted molar refractivity (Wildman–Crippen MR) is 101 cm³/mol. The smallest absolute Gasteiger partial charge is 0.323 e. The number of hydrogen-bond donors (Lipinski definition) is 2. The van der Waals surface area contributed by atoms with Gasteiger partial charge in [-0.1, -0.05) is 41.9 Å². The molecule has 0 spiro atoms. The van der Waals surface area contributed by atoms with Gasteiger partial charge in [-0.05, 0) is 37.5 Å².